The molecule has 0 bridgehead atoms. The summed E-state index contributed by atoms with van der Waals surface area (Å²) >= 11 is 0. The quantitative estimate of drug-likeness (QED) is 0.889. The lowest BCUT2D eigenvalue weighted by atomic mass is 10.2. The number of carbonyl (C=O) groups is 1. The van der Waals surface area contributed by atoms with Crippen LogP contribution < -0.4 is 15.0 Å². The standard InChI is InChI=1S/C17H21N3O2/c1-13(20(2)14-8-5-4-6-9-14)12-19-16(21)15-10-7-11-18-17(15)22-3/h4-11,13H,12H2,1-3H3,(H,19,21). The highest BCUT2D eigenvalue weighted by molar-refractivity contribution is 5.96. The number of hydrogen-bond acceptors (Lipinski definition) is 4. The van der Waals surface area contributed by atoms with Gasteiger partial charge in [-0.15, -0.1) is 0 Å². The van der Waals surface area contributed by atoms with Gasteiger partial charge in [-0.25, -0.2) is 4.98 Å². The van der Waals surface area contributed by atoms with Crippen molar-refractivity contribution in [1.29, 1.82) is 0 Å². The Balaban J connectivity index is 1.96. The minimum absolute atomic E-state index is 0.161. The molecule has 0 aliphatic heterocycles. The number of benzene rings is 1. The van der Waals surface area contributed by atoms with Crippen molar-refractivity contribution < 1.29 is 9.53 Å². The zero-order valence-corrected chi connectivity index (χ0v) is 13.1. The van der Waals surface area contributed by atoms with Crippen LogP contribution in [0.3, 0.4) is 0 Å². The normalized spacial score (nSPS) is 11.6. The molecule has 1 atom stereocenters. The van der Waals surface area contributed by atoms with E-state index >= 15 is 0 Å². The van der Waals surface area contributed by atoms with E-state index in [0.717, 1.165) is 5.69 Å². The fraction of sp³-hybridized carbons (Fsp3) is 0.294. The van der Waals surface area contributed by atoms with E-state index in [1.165, 1.54) is 7.11 Å². The molecule has 1 unspecified atom stereocenters. The molecule has 2 aromatic rings. The van der Waals surface area contributed by atoms with Crippen molar-refractivity contribution in [2.45, 2.75) is 13.0 Å². The topological polar surface area (TPSA) is 54.5 Å². The third-order valence-corrected chi connectivity index (χ3v) is 3.59. The van der Waals surface area contributed by atoms with Gasteiger partial charge in [-0.1, -0.05) is 18.2 Å². The molecule has 5 nitrogen and oxygen atoms in total. The van der Waals surface area contributed by atoms with Crippen molar-refractivity contribution in [2.75, 3.05) is 25.6 Å². The molecule has 116 valence electrons. The average molecular weight is 299 g/mol. The molecule has 22 heavy (non-hydrogen) atoms. The van der Waals surface area contributed by atoms with E-state index in [2.05, 4.69) is 22.1 Å². The molecule has 0 spiro atoms. The first-order valence-electron chi connectivity index (χ1n) is 7.18. The largest absolute Gasteiger partial charge is 0.480 e. The van der Waals surface area contributed by atoms with Crippen LogP contribution in [-0.4, -0.2) is 37.6 Å². The molecule has 0 fully saturated rings. The Morgan fingerprint density at radius 1 is 1.27 bits per heavy atom. The second kappa shape index (κ2) is 7.45. The van der Waals surface area contributed by atoms with Gasteiger partial charge in [-0.05, 0) is 31.2 Å². The third-order valence-electron chi connectivity index (χ3n) is 3.59. The monoisotopic (exact) mass is 299 g/mol. The molecule has 0 saturated carbocycles. The van der Waals surface area contributed by atoms with Crippen molar-refractivity contribution in [3.05, 3.63) is 54.2 Å². The van der Waals surface area contributed by atoms with Crippen molar-refractivity contribution >= 4 is 11.6 Å². The van der Waals surface area contributed by atoms with Crippen LogP contribution in [0.4, 0.5) is 5.69 Å². The van der Waals surface area contributed by atoms with Crippen LogP contribution in [0.15, 0.2) is 48.7 Å². The van der Waals surface area contributed by atoms with Gasteiger partial charge in [-0.3, -0.25) is 4.79 Å². The average Bonchev–Trinajstić information content (AvgIpc) is 2.59. The fourth-order valence-corrected chi connectivity index (χ4v) is 2.12. The number of pyridine rings is 1. The van der Waals surface area contributed by atoms with Crippen LogP contribution in [0.1, 0.15) is 17.3 Å². The summed E-state index contributed by atoms with van der Waals surface area (Å²) in [7, 11) is 3.52. The number of hydrogen-bond donors (Lipinski definition) is 1. The Morgan fingerprint density at radius 2 is 2.00 bits per heavy atom. The Hall–Kier alpha value is -2.56. The SMILES string of the molecule is COc1ncccc1C(=O)NCC(C)N(C)c1ccccc1. The summed E-state index contributed by atoms with van der Waals surface area (Å²) in [5.74, 6) is 0.155. The van der Waals surface area contributed by atoms with Gasteiger partial charge < -0.3 is 15.0 Å². The van der Waals surface area contributed by atoms with Gasteiger partial charge in [0, 0.05) is 31.5 Å². The number of ether oxygens (including phenoxy) is 1. The van der Waals surface area contributed by atoms with E-state index < -0.39 is 0 Å². The molecule has 0 aliphatic rings. The van der Waals surface area contributed by atoms with Crippen LogP contribution in [0.25, 0.3) is 0 Å². The summed E-state index contributed by atoms with van der Waals surface area (Å²) in [5.41, 5.74) is 1.56. The van der Waals surface area contributed by atoms with Crippen LogP contribution in [0, 0.1) is 0 Å². The molecule has 1 heterocycles. The van der Waals surface area contributed by atoms with Crippen molar-refractivity contribution in [1.82, 2.24) is 10.3 Å². The molecule has 2 rings (SSSR count). The molecule has 0 saturated heterocycles. The van der Waals surface area contributed by atoms with Crippen molar-refractivity contribution in [3.63, 3.8) is 0 Å². The fourth-order valence-electron chi connectivity index (χ4n) is 2.12. The number of para-hydroxylation sites is 1. The molecular weight excluding hydrogens is 278 g/mol. The molecular formula is C17H21N3O2. The minimum Gasteiger partial charge on any atom is -0.480 e. The second-order valence-electron chi connectivity index (χ2n) is 5.07. The van der Waals surface area contributed by atoms with E-state index in [1.54, 1.807) is 18.3 Å². The molecule has 1 aromatic carbocycles. The lowest BCUT2D eigenvalue weighted by molar-refractivity contribution is 0.0948. The van der Waals surface area contributed by atoms with Gasteiger partial charge in [0.05, 0.1) is 7.11 Å². The van der Waals surface area contributed by atoms with E-state index in [0.29, 0.717) is 18.0 Å². The maximum Gasteiger partial charge on any atom is 0.256 e. The van der Waals surface area contributed by atoms with Gasteiger partial charge in [0.15, 0.2) is 0 Å². The van der Waals surface area contributed by atoms with Crippen LogP contribution in [0.5, 0.6) is 5.88 Å². The lowest BCUT2D eigenvalue weighted by Gasteiger charge is -2.27. The summed E-state index contributed by atoms with van der Waals surface area (Å²) < 4.78 is 5.11. The number of anilines is 1. The predicted molar refractivity (Wildman–Crippen MR) is 87.4 cm³/mol. The Labute approximate surface area is 130 Å². The Kier molecular flexibility index (Phi) is 5.36. The summed E-state index contributed by atoms with van der Waals surface area (Å²) in [4.78, 5) is 18.4. The predicted octanol–water partition coefficient (Wildman–Crippen LogP) is 2.34. The number of amides is 1. The van der Waals surface area contributed by atoms with E-state index in [-0.39, 0.29) is 11.9 Å². The number of nitrogens with one attached hydrogen (secondary N) is 1. The highest BCUT2D eigenvalue weighted by Gasteiger charge is 2.15. The van der Waals surface area contributed by atoms with Crippen molar-refractivity contribution in [2.24, 2.45) is 0 Å². The molecule has 1 aromatic heterocycles. The van der Waals surface area contributed by atoms with E-state index in [9.17, 15) is 4.79 Å². The maximum absolute atomic E-state index is 12.2. The second-order valence-corrected chi connectivity index (χ2v) is 5.07. The maximum atomic E-state index is 12.2. The van der Waals surface area contributed by atoms with Gasteiger partial charge in [-0.2, -0.15) is 0 Å². The van der Waals surface area contributed by atoms with Gasteiger partial charge in [0.25, 0.3) is 5.91 Å². The summed E-state index contributed by atoms with van der Waals surface area (Å²) in [6.45, 7) is 2.59. The molecule has 1 amide bonds. The lowest BCUT2D eigenvalue weighted by Crippen LogP contribution is -2.40. The number of rotatable bonds is 6. The zero-order valence-electron chi connectivity index (χ0n) is 13.1. The molecule has 0 aliphatic carbocycles. The molecule has 5 heteroatoms. The Morgan fingerprint density at radius 3 is 2.68 bits per heavy atom. The Bertz CT molecular complexity index is 616. The summed E-state index contributed by atoms with van der Waals surface area (Å²) in [6.07, 6.45) is 1.60. The van der Waals surface area contributed by atoms with E-state index in [1.807, 2.05) is 37.4 Å². The number of methoxy groups -OCH3 is 1. The number of nitrogens with zero attached hydrogens (tertiary/aromatic N) is 2. The third kappa shape index (κ3) is 3.75. The van der Waals surface area contributed by atoms with Crippen LogP contribution in [-0.2, 0) is 0 Å². The van der Waals surface area contributed by atoms with Gasteiger partial charge in [0.2, 0.25) is 5.88 Å². The molecule has 1 N–H and O–H groups in total. The first-order valence-corrected chi connectivity index (χ1v) is 7.18. The minimum atomic E-state index is -0.182. The summed E-state index contributed by atoms with van der Waals surface area (Å²) in [5, 5.41) is 2.92. The van der Waals surface area contributed by atoms with Crippen LogP contribution >= 0.6 is 0 Å². The van der Waals surface area contributed by atoms with E-state index in [4.69, 9.17) is 4.74 Å². The zero-order chi connectivity index (χ0) is 15.9. The number of aromatic nitrogens is 1. The highest BCUT2D eigenvalue weighted by atomic mass is 16.5. The number of likely N-dealkylation sites (N-methyl/N-ethyl adjacent to an activating group) is 1. The smallest absolute Gasteiger partial charge is 0.256 e. The molecule has 0 radical (unpaired) electrons. The number of carbonyl (C=O) groups excluding carboxylic acids is 1. The van der Waals surface area contributed by atoms with Gasteiger partial charge >= 0.3 is 0 Å². The first kappa shape index (κ1) is 15.8. The summed E-state index contributed by atoms with van der Waals surface area (Å²) in [6, 6.07) is 13.6. The van der Waals surface area contributed by atoms with Gasteiger partial charge in [0.1, 0.15) is 5.56 Å². The van der Waals surface area contributed by atoms with Crippen molar-refractivity contribution in [3.8, 4) is 5.88 Å². The highest BCUT2D eigenvalue weighted by Crippen LogP contribution is 2.15. The first-order chi connectivity index (χ1) is 10.6. The van der Waals surface area contributed by atoms with Crippen LogP contribution in [0.2, 0.25) is 0 Å².